The van der Waals surface area contributed by atoms with E-state index in [4.69, 9.17) is 4.74 Å². The van der Waals surface area contributed by atoms with Crippen molar-refractivity contribution in [3.63, 3.8) is 0 Å². The van der Waals surface area contributed by atoms with E-state index in [-0.39, 0.29) is 17.3 Å². The van der Waals surface area contributed by atoms with Crippen LogP contribution in [-0.4, -0.2) is 29.4 Å². The number of rotatable bonds is 2. The average molecular weight is 235 g/mol. The van der Waals surface area contributed by atoms with E-state index in [2.05, 4.69) is 4.99 Å². The number of methoxy groups -OCH3 is 1. The molecule has 84 valence electrons. The highest BCUT2D eigenvalue weighted by atomic mass is 32.2. The highest BCUT2D eigenvalue weighted by molar-refractivity contribution is 8.15. The van der Waals surface area contributed by atoms with Crippen molar-refractivity contribution < 1.29 is 9.53 Å². The first kappa shape index (κ1) is 11.2. The summed E-state index contributed by atoms with van der Waals surface area (Å²) in [6, 6.07) is 9.52. The lowest BCUT2D eigenvalue weighted by Crippen LogP contribution is -2.26. The number of carbonyl (C=O) groups is 1. The molecule has 0 bridgehead atoms. The molecular weight excluding hydrogens is 222 g/mol. The number of ether oxygens (including phenoxy) is 1. The second-order valence-corrected chi connectivity index (χ2v) is 4.96. The van der Waals surface area contributed by atoms with Gasteiger partial charge in [0.1, 0.15) is 0 Å². The number of esters is 1. The van der Waals surface area contributed by atoms with Crippen LogP contribution < -0.4 is 0 Å². The molecule has 0 fully saturated rings. The largest absolute Gasteiger partial charge is 0.467 e. The van der Waals surface area contributed by atoms with E-state index >= 15 is 0 Å². The molecule has 4 heteroatoms. The predicted molar refractivity (Wildman–Crippen MR) is 65.8 cm³/mol. The number of carbonyl (C=O) groups excluding carboxylic acids is 1. The maximum atomic E-state index is 11.5. The van der Waals surface area contributed by atoms with Gasteiger partial charge < -0.3 is 4.74 Å². The Hall–Kier alpha value is -1.29. The van der Waals surface area contributed by atoms with E-state index in [1.165, 1.54) is 7.11 Å². The van der Waals surface area contributed by atoms with Crippen molar-refractivity contribution in [3.8, 4) is 0 Å². The molecule has 0 saturated heterocycles. The highest BCUT2D eigenvalue weighted by Crippen LogP contribution is 2.30. The third-order valence-electron chi connectivity index (χ3n) is 2.46. The molecule has 0 amide bonds. The molecule has 3 nitrogen and oxygen atoms in total. The fraction of sp³-hybridized carbons (Fsp3) is 0.333. The molecule has 1 heterocycles. The first-order valence-electron chi connectivity index (χ1n) is 5.10. The van der Waals surface area contributed by atoms with Gasteiger partial charge in [0.15, 0.2) is 6.04 Å². The van der Waals surface area contributed by atoms with E-state index in [1.807, 2.05) is 37.3 Å². The van der Waals surface area contributed by atoms with Crippen LogP contribution in [0.25, 0.3) is 0 Å². The van der Waals surface area contributed by atoms with Crippen LogP contribution in [0.3, 0.4) is 0 Å². The van der Waals surface area contributed by atoms with Crippen LogP contribution in [0.2, 0.25) is 0 Å². The summed E-state index contributed by atoms with van der Waals surface area (Å²) in [5.41, 5.74) is 1.06. The third-order valence-corrected chi connectivity index (χ3v) is 3.66. The van der Waals surface area contributed by atoms with Crippen molar-refractivity contribution in [1.29, 1.82) is 0 Å². The van der Waals surface area contributed by atoms with Crippen LogP contribution in [0.5, 0.6) is 0 Å². The molecule has 2 rings (SSSR count). The van der Waals surface area contributed by atoms with E-state index in [9.17, 15) is 4.79 Å². The molecule has 0 aliphatic carbocycles. The van der Waals surface area contributed by atoms with Gasteiger partial charge in [-0.05, 0) is 0 Å². The van der Waals surface area contributed by atoms with Crippen LogP contribution in [0, 0.1) is 0 Å². The molecule has 16 heavy (non-hydrogen) atoms. The quantitative estimate of drug-likeness (QED) is 0.737. The summed E-state index contributed by atoms with van der Waals surface area (Å²) < 4.78 is 4.73. The molecule has 0 radical (unpaired) electrons. The topological polar surface area (TPSA) is 38.7 Å². The summed E-state index contributed by atoms with van der Waals surface area (Å²) in [6.45, 7) is 1.99. The van der Waals surface area contributed by atoms with Gasteiger partial charge in [-0.15, -0.1) is 11.8 Å². The average Bonchev–Trinajstić information content (AvgIpc) is 2.71. The minimum Gasteiger partial charge on any atom is -0.467 e. The first-order valence-corrected chi connectivity index (χ1v) is 5.98. The summed E-state index contributed by atoms with van der Waals surface area (Å²) in [4.78, 5) is 15.9. The molecule has 1 aromatic carbocycles. The van der Waals surface area contributed by atoms with Gasteiger partial charge >= 0.3 is 5.97 Å². The standard InChI is InChI=1S/C12H13NO2S/c1-8-10(12(14)15-2)13-11(16-8)9-6-4-3-5-7-9/h3-8,10H,1-2H3/t8-,10-/m0/s1. The Morgan fingerprint density at radius 2 is 2.06 bits per heavy atom. The number of hydrogen-bond acceptors (Lipinski definition) is 4. The monoisotopic (exact) mass is 235 g/mol. The Labute approximate surface area is 98.9 Å². The van der Waals surface area contributed by atoms with Crippen LogP contribution >= 0.6 is 11.8 Å². The number of benzene rings is 1. The Morgan fingerprint density at radius 1 is 1.38 bits per heavy atom. The molecule has 0 aromatic heterocycles. The minimum atomic E-state index is -0.370. The molecule has 2 atom stereocenters. The fourth-order valence-corrected chi connectivity index (χ4v) is 2.69. The molecule has 0 unspecified atom stereocenters. The zero-order chi connectivity index (χ0) is 11.5. The van der Waals surface area contributed by atoms with Gasteiger partial charge in [0.2, 0.25) is 0 Å². The lowest BCUT2D eigenvalue weighted by atomic mass is 10.2. The minimum absolute atomic E-state index is 0.141. The Morgan fingerprint density at radius 3 is 2.69 bits per heavy atom. The number of nitrogens with zero attached hydrogens (tertiary/aromatic N) is 1. The molecule has 1 aromatic rings. The van der Waals surface area contributed by atoms with E-state index in [0.717, 1.165) is 10.6 Å². The van der Waals surface area contributed by atoms with Crippen LogP contribution in [0.15, 0.2) is 35.3 Å². The lowest BCUT2D eigenvalue weighted by Gasteiger charge is -2.08. The summed E-state index contributed by atoms with van der Waals surface area (Å²) in [5.74, 6) is -0.258. The van der Waals surface area contributed by atoms with Crippen molar-refractivity contribution in [3.05, 3.63) is 35.9 Å². The second kappa shape index (κ2) is 4.70. The fourth-order valence-electron chi connectivity index (χ4n) is 1.59. The van der Waals surface area contributed by atoms with Gasteiger partial charge in [0.05, 0.1) is 12.2 Å². The first-order chi connectivity index (χ1) is 7.72. The molecule has 0 saturated carbocycles. The van der Waals surface area contributed by atoms with Crippen molar-refractivity contribution in [1.82, 2.24) is 0 Å². The van der Waals surface area contributed by atoms with Crippen molar-refractivity contribution in [2.45, 2.75) is 18.2 Å². The van der Waals surface area contributed by atoms with Crippen LogP contribution in [0.1, 0.15) is 12.5 Å². The summed E-state index contributed by atoms with van der Waals surface area (Å²) in [6.07, 6.45) is 0. The number of aliphatic imine (C=N–C) groups is 1. The number of hydrogen-bond donors (Lipinski definition) is 0. The van der Waals surface area contributed by atoms with Crippen LogP contribution in [-0.2, 0) is 9.53 Å². The molecular formula is C12H13NO2S. The Balaban J connectivity index is 2.23. The van der Waals surface area contributed by atoms with E-state index < -0.39 is 0 Å². The maximum Gasteiger partial charge on any atom is 0.331 e. The van der Waals surface area contributed by atoms with Gasteiger partial charge in [-0.3, -0.25) is 4.99 Å². The van der Waals surface area contributed by atoms with Crippen molar-refractivity contribution in [2.24, 2.45) is 4.99 Å². The molecule has 0 N–H and O–H groups in total. The van der Waals surface area contributed by atoms with Gasteiger partial charge in [-0.25, -0.2) is 4.79 Å². The van der Waals surface area contributed by atoms with Gasteiger partial charge in [0, 0.05) is 10.8 Å². The molecule has 0 spiro atoms. The zero-order valence-electron chi connectivity index (χ0n) is 9.21. The van der Waals surface area contributed by atoms with Gasteiger partial charge in [-0.1, -0.05) is 37.3 Å². The highest BCUT2D eigenvalue weighted by Gasteiger charge is 2.33. The van der Waals surface area contributed by atoms with Gasteiger partial charge in [0.25, 0.3) is 0 Å². The number of thioether (sulfide) groups is 1. The van der Waals surface area contributed by atoms with Crippen LogP contribution in [0.4, 0.5) is 0 Å². The third kappa shape index (κ3) is 2.11. The van der Waals surface area contributed by atoms with Crippen molar-refractivity contribution in [2.75, 3.05) is 7.11 Å². The second-order valence-electron chi connectivity index (χ2n) is 3.59. The predicted octanol–water partition coefficient (Wildman–Crippen LogP) is 2.11. The van der Waals surface area contributed by atoms with E-state index in [0.29, 0.717) is 0 Å². The smallest absolute Gasteiger partial charge is 0.331 e. The van der Waals surface area contributed by atoms with Crippen molar-refractivity contribution >= 4 is 22.8 Å². The summed E-state index contributed by atoms with van der Waals surface area (Å²) >= 11 is 1.62. The normalized spacial score (nSPS) is 24.0. The maximum absolute atomic E-state index is 11.5. The SMILES string of the molecule is COC(=O)[C@H]1N=C(c2ccccc2)S[C@H]1C. The lowest BCUT2D eigenvalue weighted by molar-refractivity contribution is -0.141. The Kier molecular flexibility index (Phi) is 3.29. The summed E-state index contributed by atoms with van der Waals surface area (Å²) in [7, 11) is 1.40. The van der Waals surface area contributed by atoms with Gasteiger partial charge in [-0.2, -0.15) is 0 Å². The zero-order valence-corrected chi connectivity index (χ0v) is 10.0. The summed E-state index contributed by atoms with van der Waals surface area (Å²) in [5, 5.41) is 1.06. The van der Waals surface area contributed by atoms with E-state index in [1.54, 1.807) is 11.8 Å². The molecule has 1 aliphatic heterocycles. The Bertz CT molecular complexity index is 416. The molecule has 1 aliphatic rings.